The summed E-state index contributed by atoms with van der Waals surface area (Å²) in [5.41, 5.74) is 0.960. The van der Waals surface area contributed by atoms with Crippen molar-refractivity contribution in [1.82, 2.24) is 0 Å². The highest BCUT2D eigenvalue weighted by Gasteiger charge is 2.01. The minimum Gasteiger partial charge on any atom is -0.259 e. The highest BCUT2D eigenvalue weighted by Crippen LogP contribution is 2.14. The Morgan fingerprint density at radius 1 is 1.62 bits per heavy atom. The number of nitro groups is 1. The van der Waals surface area contributed by atoms with E-state index in [4.69, 9.17) is 0 Å². The molecule has 4 heteroatoms. The maximum Gasteiger partial charge on any atom is 0.243 e. The molecule has 0 bridgehead atoms. The Morgan fingerprint density at radius 3 is 2.85 bits per heavy atom. The molecule has 0 aromatic heterocycles. The number of rotatable bonds is 2. The van der Waals surface area contributed by atoms with Crippen molar-refractivity contribution in [1.29, 1.82) is 0 Å². The van der Waals surface area contributed by atoms with Crippen molar-refractivity contribution < 1.29 is 4.92 Å². The monoisotopic (exact) mass is 241 g/mol. The number of halogens is 1. The van der Waals surface area contributed by atoms with Crippen LogP contribution in [0.2, 0.25) is 0 Å². The second kappa shape index (κ2) is 4.18. The zero-order valence-corrected chi connectivity index (χ0v) is 8.61. The number of nitrogens with zero attached hydrogens (tertiary/aromatic N) is 1. The molecule has 0 atom stereocenters. The SMILES string of the molecule is CC(=Cc1cccc(Br)c1)[N+](=O)[O-]. The summed E-state index contributed by atoms with van der Waals surface area (Å²) in [7, 11) is 0. The fraction of sp³-hybridized carbons (Fsp3) is 0.111. The Kier molecular flexibility index (Phi) is 3.19. The van der Waals surface area contributed by atoms with Gasteiger partial charge < -0.3 is 0 Å². The van der Waals surface area contributed by atoms with Crippen LogP contribution in [0.4, 0.5) is 0 Å². The van der Waals surface area contributed by atoms with E-state index >= 15 is 0 Å². The predicted molar refractivity (Wildman–Crippen MR) is 54.8 cm³/mol. The van der Waals surface area contributed by atoms with Gasteiger partial charge in [-0.15, -0.1) is 0 Å². The Hall–Kier alpha value is -1.16. The molecule has 0 heterocycles. The fourth-order valence-corrected chi connectivity index (χ4v) is 1.31. The third kappa shape index (κ3) is 2.99. The molecule has 0 aliphatic carbocycles. The summed E-state index contributed by atoms with van der Waals surface area (Å²) in [6.45, 7) is 1.47. The van der Waals surface area contributed by atoms with Gasteiger partial charge in [0.05, 0.1) is 4.92 Å². The average Bonchev–Trinajstić information content (AvgIpc) is 2.04. The predicted octanol–water partition coefficient (Wildman–Crippen LogP) is 3.09. The first-order chi connectivity index (χ1) is 6.09. The summed E-state index contributed by atoms with van der Waals surface area (Å²) in [5.74, 6) is 0. The average molecular weight is 242 g/mol. The zero-order valence-electron chi connectivity index (χ0n) is 7.03. The van der Waals surface area contributed by atoms with E-state index in [9.17, 15) is 10.1 Å². The van der Waals surface area contributed by atoms with Gasteiger partial charge in [-0.25, -0.2) is 0 Å². The van der Waals surface area contributed by atoms with E-state index in [1.807, 2.05) is 24.3 Å². The molecule has 0 saturated heterocycles. The minimum absolute atomic E-state index is 0.137. The van der Waals surface area contributed by atoms with E-state index in [2.05, 4.69) is 15.9 Å². The fourth-order valence-electron chi connectivity index (χ4n) is 0.890. The smallest absolute Gasteiger partial charge is 0.243 e. The Balaban J connectivity index is 2.97. The molecule has 0 amide bonds. The van der Waals surface area contributed by atoms with E-state index in [0.29, 0.717) is 0 Å². The zero-order chi connectivity index (χ0) is 9.84. The first-order valence-electron chi connectivity index (χ1n) is 3.68. The van der Waals surface area contributed by atoms with Gasteiger partial charge in [0.15, 0.2) is 0 Å². The molecular formula is C9H8BrNO2. The lowest BCUT2D eigenvalue weighted by atomic mass is 10.2. The van der Waals surface area contributed by atoms with Crippen LogP contribution in [0.15, 0.2) is 34.4 Å². The molecule has 0 aliphatic rings. The molecule has 0 radical (unpaired) electrons. The normalized spacial score (nSPS) is 11.4. The topological polar surface area (TPSA) is 43.1 Å². The van der Waals surface area contributed by atoms with E-state index in [0.717, 1.165) is 10.0 Å². The molecule has 13 heavy (non-hydrogen) atoms. The summed E-state index contributed by atoms with van der Waals surface area (Å²) in [6, 6.07) is 7.35. The number of hydrogen-bond donors (Lipinski definition) is 0. The summed E-state index contributed by atoms with van der Waals surface area (Å²) in [6.07, 6.45) is 1.53. The summed E-state index contributed by atoms with van der Waals surface area (Å²) >= 11 is 3.29. The van der Waals surface area contributed by atoms with Crippen LogP contribution in [0.25, 0.3) is 6.08 Å². The summed E-state index contributed by atoms with van der Waals surface area (Å²) in [4.78, 5) is 9.91. The third-order valence-electron chi connectivity index (χ3n) is 1.51. The number of benzene rings is 1. The van der Waals surface area contributed by atoms with Gasteiger partial charge in [0.1, 0.15) is 0 Å². The van der Waals surface area contributed by atoms with Gasteiger partial charge in [-0.3, -0.25) is 10.1 Å². The van der Waals surface area contributed by atoms with Crippen LogP contribution in [0, 0.1) is 10.1 Å². The van der Waals surface area contributed by atoms with Gasteiger partial charge in [0.25, 0.3) is 0 Å². The van der Waals surface area contributed by atoms with Gasteiger partial charge in [0, 0.05) is 17.5 Å². The quantitative estimate of drug-likeness (QED) is 0.590. The molecule has 0 unspecified atom stereocenters. The van der Waals surface area contributed by atoms with Gasteiger partial charge >= 0.3 is 0 Å². The first kappa shape index (κ1) is 9.92. The molecule has 1 aromatic carbocycles. The van der Waals surface area contributed by atoms with Gasteiger partial charge in [0.2, 0.25) is 5.70 Å². The molecule has 3 nitrogen and oxygen atoms in total. The van der Waals surface area contributed by atoms with Crippen LogP contribution in [-0.4, -0.2) is 4.92 Å². The third-order valence-corrected chi connectivity index (χ3v) is 2.01. The Bertz CT molecular complexity index is 360. The van der Waals surface area contributed by atoms with E-state index < -0.39 is 4.92 Å². The molecule has 1 aromatic rings. The second-order valence-electron chi connectivity index (χ2n) is 2.60. The van der Waals surface area contributed by atoms with Crippen molar-refractivity contribution in [3.63, 3.8) is 0 Å². The van der Waals surface area contributed by atoms with Crippen LogP contribution in [0.3, 0.4) is 0 Å². The van der Waals surface area contributed by atoms with Crippen molar-refractivity contribution in [2.24, 2.45) is 0 Å². The molecular weight excluding hydrogens is 234 g/mol. The van der Waals surface area contributed by atoms with Crippen molar-refractivity contribution in [3.05, 3.63) is 50.1 Å². The van der Waals surface area contributed by atoms with E-state index in [-0.39, 0.29) is 5.70 Å². The molecule has 68 valence electrons. The largest absolute Gasteiger partial charge is 0.259 e. The van der Waals surface area contributed by atoms with Crippen molar-refractivity contribution in [3.8, 4) is 0 Å². The Morgan fingerprint density at radius 2 is 2.31 bits per heavy atom. The van der Waals surface area contributed by atoms with Crippen molar-refractivity contribution in [2.75, 3.05) is 0 Å². The lowest BCUT2D eigenvalue weighted by Crippen LogP contribution is -1.92. The first-order valence-corrected chi connectivity index (χ1v) is 4.47. The molecule has 0 saturated carbocycles. The molecule has 0 fully saturated rings. The van der Waals surface area contributed by atoms with Crippen LogP contribution in [0.1, 0.15) is 12.5 Å². The number of allylic oxidation sites excluding steroid dienone is 1. The van der Waals surface area contributed by atoms with Crippen LogP contribution < -0.4 is 0 Å². The lowest BCUT2D eigenvalue weighted by molar-refractivity contribution is -0.422. The highest BCUT2D eigenvalue weighted by molar-refractivity contribution is 9.10. The standard InChI is InChI=1S/C9H8BrNO2/c1-7(11(12)13)5-8-3-2-4-9(10)6-8/h2-6H,1H3. The summed E-state index contributed by atoms with van der Waals surface area (Å²) < 4.78 is 0.914. The summed E-state index contributed by atoms with van der Waals surface area (Å²) in [5, 5.41) is 10.3. The second-order valence-corrected chi connectivity index (χ2v) is 3.51. The van der Waals surface area contributed by atoms with E-state index in [1.165, 1.54) is 13.0 Å². The van der Waals surface area contributed by atoms with Crippen molar-refractivity contribution >= 4 is 22.0 Å². The lowest BCUT2D eigenvalue weighted by Gasteiger charge is -1.94. The maximum absolute atomic E-state index is 10.3. The van der Waals surface area contributed by atoms with Gasteiger partial charge in [-0.1, -0.05) is 28.1 Å². The molecule has 0 aliphatic heterocycles. The van der Waals surface area contributed by atoms with Gasteiger partial charge in [-0.2, -0.15) is 0 Å². The van der Waals surface area contributed by atoms with E-state index in [1.54, 1.807) is 0 Å². The van der Waals surface area contributed by atoms with Gasteiger partial charge in [-0.05, 0) is 17.7 Å². The molecule has 0 N–H and O–H groups in total. The highest BCUT2D eigenvalue weighted by atomic mass is 79.9. The van der Waals surface area contributed by atoms with Crippen LogP contribution in [-0.2, 0) is 0 Å². The van der Waals surface area contributed by atoms with Crippen LogP contribution >= 0.6 is 15.9 Å². The van der Waals surface area contributed by atoms with Crippen molar-refractivity contribution in [2.45, 2.75) is 6.92 Å². The van der Waals surface area contributed by atoms with Crippen LogP contribution in [0.5, 0.6) is 0 Å². The Labute approximate surface area is 84.4 Å². The minimum atomic E-state index is -0.402. The number of hydrogen-bond acceptors (Lipinski definition) is 2. The molecule has 0 spiro atoms. The maximum atomic E-state index is 10.3. The molecule has 1 rings (SSSR count).